The molecule has 7 heteroatoms. The maximum Gasteiger partial charge on any atom is 0.263 e. The fourth-order valence-corrected chi connectivity index (χ4v) is 3.47. The Morgan fingerprint density at radius 3 is 2.67 bits per heavy atom. The molecular formula is C20H19F2N3OS. The van der Waals surface area contributed by atoms with Crippen LogP contribution in [0.3, 0.4) is 0 Å². The monoisotopic (exact) mass is 387 g/mol. The van der Waals surface area contributed by atoms with Gasteiger partial charge in [0.25, 0.3) is 5.91 Å². The Morgan fingerprint density at radius 2 is 1.93 bits per heavy atom. The number of aromatic nitrogens is 1. The van der Waals surface area contributed by atoms with E-state index in [1.165, 1.54) is 23.0 Å². The lowest BCUT2D eigenvalue weighted by Gasteiger charge is -2.05. The summed E-state index contributed by atoms with van der Waals surface area (Å²) in [5.41, 5.74) is 2.06. The third kappa shape index (κ3) is 5.10. The molecule has 0 aliphatic heterocycles. The van der Waals surface area contributed by atoms with Crippen molar-refractivity contribution in [3.05, 3.63) is 81.9 Å². The van der Waals surface area contributed by atoms with Crippen molar-refractivity contribution in [3.63, 3.8) is 0 Å². The molecule has 0 aliphatic carbocycles. The minimum atomic E-state index is -0.681. The smallest absolute Gasteiger partial charge is 0.263 e. The van der Waals surface area contributed by atoms with Crippen LogP contribution in [0.2, 0.25) is 0 Å². The number of carbonyl (C=O) groups excluding carboxylic acids is 1. The number of halogens is 2. The first-order chi connectivity index (χ1) is 13.0. The average Bonchev–Trinajstić information content (AvgIpc) is 3.02. The Kier molecular flexibility index (Phi) is 6.13. The minimum absolute atomic E-state index is 0.0148. The minimum Gasteiger partial charge on any atom is -0.361 e. The molecule has 1 amide bonds. The lowest BCUT2D eigenvalue weighted by Crippen LogP contribution is -2.23. The van der Waals surface area contributed by atoms with Crippen LogP contribution in [-0.2, 0) is 13.0 Å². The zero-order valence-electron chi connectivity index (χ0n) is 14.8. The van der Waals surface area contributed by atoms with Crippen LogP contribution >= 0.6 is 11.3 Å². The van der Waals surface area contributed by atoms with E-state index >= 15 is 0 Å². The second-order valence-corrected chi connectivity index (χ2v) is 7.01. The van der Waals surface area contributed by atoms with Crippen molar-refractivity contribution < 1.29 is 13.6 Å². The Bertz CT molecular complexity index is 928. The summed E-state index contributed by atoms with van der Waals surface area (Å²) in [6.45, 7) is 2.45. The number of anilines is 1. The number of hydrogen-bond donors (Lipinski definition) is 2. The highest BCUT2D eigenvalue weighted by Crippen LogP contribution is 2.22. The number of aryl methyl sites for hydroxylation is 1. The molecule has 3 rings (SSSR count). The molecule has 0 radical (unpaired) electrons. The normalized spacial score (nSPS) is 10.6. The van der Waals surface area contributed by atoms with E-state index in [-0.39, 0.29) is 18.0 Å². The van der Waals surface area contributed by atoms with Gasteiger partial charge in [-0.2, -0.15) is 0 Å². The van der Waals surface area contributed by atoms with Gasteiger partial charge >= 0.3 is 0 Å². The second kappa shape index (κ2) is 8.73. The van der Waals surface area contributed by atoms with Crippen molar-refractivity contribution in [1.29, 1.82) is 0 Å². The molecule has 0 unspecified atom stereocenters. The molecule has 1 aromatic heterocycles. The van der Waals surface area contributed by atoms with Gasteiger partial charge in [-0.1, -0.05) is 47.7 Å². The van der Waals surface area contributed by atoms with Crippen LogP contribution in [0.5, 0.6) is 0 Å². The fraction of sp³-hybridized carbons (Fsp3) is 0.200. The van der Waals surface area contributed by atoms with Crippen LogP contribution in [0.4, 0.5) is 13.9 Å². The van der Waals surface area contributed by atoms with E-state index in [1.807, 2.05) is 18.2 Å². The molecule has 0 saturated heterocycles. The first-order valence-electron chi connectivity index (χ1n) is 8.50. The summed E-state index contributed by atoms with van der Waals surface area (Å²) in [4.78, 5) is 17.2. The number of nitrogens with zero attached hydrogens (tertiary/aromatic N) is 1. The Labute approximate surface area is 160 Å². The number of rotatable bonds is 7. The molecule has 140 valence electrons. The van der Waals surface area contributed by atoms with Crippen LogP contribution in [-0.4, -0.2) is 17.4 Å². The molecule has 3 aromatic rings. The first kappa shape index (κ1) is 19.0. The Balaban J connectivity index is 1.55. The first-order valence-corrected chi connectivity index (χ1v) is 9.32. The lowest BCUT2D eigenvalue weighted by atomic mass is 10.2. The fourth-order valence-electron chi connectivity index (χ4n) is 2.56. The van der Waals surface area contributed by atoms with Gasteiger partial charge in [0.1, 0.15) is 16.5 Å². The van der Waals surface area contributed by atoms with Gasteiger partial charge in [0.2, 0.25) is 0 Å². The predicted molar refractivity (Wildman–Crippen MR) is 103 cm³/mol. The Morgan fingerprint density at radius 1 is 1.15 bits per heavy atom. The van der Waals surface area contributed by atoms with Gasteiger partial charge in [0, 0.05) is 24.7 Å². The third-order valence-electron chi connectivity index (χ3n) is 3.99. The standard InChI is InChI=1S/C20H19F2N3OS/c1-13-18(19(26)24-12-15-7-8-16(21)11-17(15)22)27-20(25-13)23-10-9-14-5-3-2-4-6-14/h2-8,11H,9-10,12H2,1H3,(H,23,25)(H,24,26). The van der Waals surface area contributed by atoms with Gasteiger partial charge in [-0.3, -0.25) is 4.79 Å². The van der Waals surface area contributed by atoms with Gasteiger partial charge in [-0.25, -0.2) is 13.8 Å². The topological polar surface area (TPSA) is 54.0 Å². The zero-order valence-corrected chi connectivity index (χ0v) is 15.6. The van der Waals surface area contributed by atoms with E-state index in [1.54, 1.807) is 6.92 Å². The van der Waals surface area contributed by atoms with Crippen molar-refractivity contribution >= 4 is 22.4 Å². The summed E-state index contributed by atoms with van der Waals surface area (Å²) < 4.78 is 26.6. The van der Waals surface area contributed by atoms with E-state index in [0.29, 0.717) is 22.2 Å². The van der Waals surface area contributed by atoms with Gasteiger partial charge in [0.15, 0.2) is 5.13 Å². The van der Waals surface area contributed by atoms with Gasteiger partial charge in [-0.05, 0) is 25.0 Å². The van der Waals surface area contributed by atoms with Gasteiger partial charge in [-0.15, -0.1) is 0 Å². The molecule has 0 atom stereocenters. The lowest BCUT2D eigenvalue weighted by molar-refractivity contribution is 0.0954. The molecule has 4 nitrogen and oxygen atoms in total. The van der Waals surface area contributed by atoms with E-state index in [4.69, 9.17) is 0 Å². The van der Waals surface area contributed by atoms with Crippen LogP contribution in [0.25, 0.3) is 0 Å². The van der Waals surface area contributed by atoms with Crippen molar-refractivity contribution in [3.8, 4) is 0 Å². The number of hydrogen-bond acceptors (Lipinski definition) is 4. The molecule has 0 aliphatic rings. The molecule has 0 saturated carbocycles. The molecule has 2 N–H and O–H groups in total. The highest BCUT2D eigenvalue weighted by molar-refractivity contribution is 7.17. The van der Waals surface area contributed by atoms with Crippen molar-refractivity contribution in [2.24, 2.45) is 0 Å². The van der Waals surface area contributed by atoms with Crippen LogP contribution in [0.1, 0.15) is 26.5 Å². The van der Waals surface area contributed by atoms with E-state index in [2.05, 4.69) is 27.8 Å². The second-order valence-electron chi connectivity index (χ2n) is 6.01. The van der Waals surface area contributed by atoms with Gasteiger partial charge < -0.3 is 10.6 Å². The summed E-state index contributed by atoms with van der Waals surface area (Å²) in [5, 5.41) is 6.55. The maximum atomic E-state index is 13.7. The maximum absolute atomic E-state index is 13.7. The SMILES string of the molecule is Cc1nc(NCCc2ccccc2)sc1C(=O)NCc1ccc(F)cc1F. The van der Waals surface area contributed by atoms with Crippen LogP contribution < -0.4 is 10.6 Å². The molecule has 2 aromatic carbocycles. The van der Waals surface area contributed by atoms with Crippen molar-refractivity contribution in [2.75, 3.05) is 11.9 Å². The van der Waals surface area contributed by atoms with Crippen LogP contribution in [0.15, 0.2) is 48.5 Å². The zero-order chi connectivity index (χ0) is 19.2. The number of thiazole rings is 1. The summed E-state index contributed by atoms with van der Waals surface area (Å²) in [6.07, 6.45) is 0.852. The molecule has 0 spiro atoms. The van der Waals surface area contributed by atoms with E-state index in [9.17, 15) is 13.6 Å². The third-order valence-corrected chi connectivity index (χ3v) is 5.10. The summed E-state index contributed by atoms with van der Waals surface area (Å²) in [7, 11) is 0. The molecule has 27 heavy (non-hydrogen) atoms. The largest absolute Gasteiger partial charge is 0.361 e. The van der Waals surface area contributed by atoms with Crippen LogP contribution in [0, 0.1) is 18.6 Å². The molecule has 0 fully saturated rings. The molecule has 1 heterocycles. The molecule has 0 bridgehead atoms. The number of carbonyl (C=O) groups is 1. The average molecular weight is 387 g/mol. The highest BCUT2D eigenvalue weighted by atomic mass is 32.1. The van der Waals surface area contributed by atoms with Gasteiger partial charge in [0.05, 0.1) is 5.69 Å². The highest BCUT2D eigenvalue weighted by Gasteiger charge is 2.15. The Hall–Kier alpha value is -2.80. The number of amides is 1. The van der Waals surface area contributed by atoms with Crippen molar-refractivity contribution in [1.82, 2.24) is 10.3 Å². The molecular weight excluding hydrogens is 368 g/mol. The summed E-state index contributed by atoms with van der Waals surface area (Å²) in [6, 6.07) is 13.4. The summed E-state index contributed by atoms with van der Waals surface area (Å²) >= 11 is 1.26. The van der Waals surface area contributed by atoms with E-state index < -0.39 is 11.6 Å². The summed E-state index contributed by atoms with van der Waals surface area (Å²) in [5.74, 6) is -1.66. The quantitative estimate of drug-likeness (QED) is 0.635. The predicted octanol–water partition coefficient (Wildman–Crippen LogP) is 4.31. The van der Waals surface area contributed by atoms with Crippen molar-refractivity contribution in [2.45, 2.75) is 19.9 Å². The number of benzene rings is 2. The van der Waals surface area contributed by atoms with E-state index in [0.717, 1.165) is 18.6 Å². The number of nitrogens with one attached hydrogen (secondary N) is 2.